The van der Waals surface area contributed by atoms with Crippen molar-refractivity contribution < 1.29 is 4.39 Å². The van der Waals surface area contributed by atoms with Crippen LogP contribution in [0.3, 0.4) is 0 Å². The van der Waals surface area contributed by atoms with E-state index < -0.39 is 0 Å². The third kappa shape index (κ3) is 3.64. The van der Waals surface area contributed by atoms with Crippen LogP contribution in [0.4, 0.5) is 15.8 Å². The Morgan fingerprint density at radius 3 is 2.65 bits per heavy atom. The van der Waals surface area contributed by atoms with Gasteiger partial charge in [-0.1, -0.05) is 30.7 Å². The number of nitrogens with zero attached hydrogens (tertiary/aromatic N) is 1. The van der Waals surface area contributed by atoms with Crippen LogP contribution in [0.1, 0.15) is 18.9 Å². The van der Waals surface area contributed by atoms with Crippen molar-refractivity contribution in [3.63, 3.8) is 0 Å². The van der Waals surface area contributed by atoms with Gasteiger partial charge in [0.2, 0.25) is 0 Å². The minimum atomic E-state index is -0.388. The van der Waals surface area contributed by atoms with Crippen molar-refractivity contribution in [3.05, 3.63) is 58.9 Å². The lowest BCUT2D eigenvalue weighted by Crippen LogP contribution is -2.23. The van der Waals surface area contributed by atoms with Crippen LogP contribution in [0, 0.1) is 5.82 Å². The summed E-state index contributed by atoms with van der Waals surface area (Å²) in [6.07, 6.45) is 1.02. The lowest BCUT2D eigenvalue weighted by molar-refractivity contribution is 0.627. The Hall–Kier alpha value is -1.74. The van der Waals surface area contributed by atoms with Crippen LogP contribution in [-0.4, -0.2) is 6.54 Å². The second-order valence-corrected chi connectivity index (χ2v) is 5.17. The molecule has 2 nitrogen and oxygen atoms in total. The number of nitrogen functional groups attached to an aromatic ring is 1. The fourth-order valence-corrected chi connectivity index (χ4v) is 2.35. The van der Waals surface area contributed by atoms with Crippen molar-refractivity contribution in [3.8, 4) is 0 Å². The lowest BCUT2D eigenvalue weighted by atomic mass is 10.1. The third-order valence-electron chi connectivity index (χ3n) is 3.09. The van der Waals surface area contributed by atoms with Gasteiger partial charge in [-0.3, -0.25) is 0 Å². The maximum atomic E-state index is 13.2. The summed E-state index contributed by atoms with van der Waals surface area (Å²) >= 11 is 5.83. The molecule has 0 atom stereocenters. The van der Waals surface area contributed by atoms with Crippen molar-refractivity contribution in [1.29, 1.82) is 0 Å². The minimum absolute atomic E-state index is 0.159. The van der Waals surface area contributed by atoms with Crippen molar-refractivity contribution in [2.75, 3.05) is 17.2 Å². The van der Waals surface area contributed by atoms with Crippen LogP contribution in [0.5, 0.6) is 0 Å². The van der Waals surface area contributed by atoms with Crippen molar-refractivity contribution in [2.24, 2.45) is 0 Å². The van der Waals surface area contributed by atoms with Gasteiger partial charge < -0.3 is 10.6 Å². The molecule has 0 aromatic heterocycles. The van der Waals surface area contributed by atoms with Crippen LogP contribution >= 0.6 is 11.6 Å². The molecule has 0 fully saturated rings. The summed E-state index contributed by atoms with van der Waals surface area (Å²) in [7, 11) is 0. The fourth-order valence-electron chi connectivity index (χ4n) is 2.15. The van der Waals surface area contributed by atoms with Gasteiger partial charge in [0, 0.05) is 24.5 Å². The molecule has 0 spiro atoms. The van der Waals surface area contributed by atoms with E-state index in [1.54, 1.807) is 12.1 Å². The zero-order valence-corrected chi connectivity index (χ0v) is 12.2. The first-order valence-electron chi connectivity index (χ1n) is 6.64. The zero-order chi connectivity index (χ0) is 14.5. The lowest BCUT2D eigenvalue weighted by Gasteiger charge is -2.25. The molecule has 0 heterocycles. The molecule has 0 radical (unpaired) electrons. The molecular formula is C16H18ClFN2. The molecule has 0 unspecified atom stereocenters. The second kappa shape index (κ2) is 6.62. The number of anilines is 2. The first-order valence-corrected chi connectivity index (χ1v) is 7.02. The molecule has 4 heteroatoms. The predicted octanol–water partition coefficient (Wildman–Crippen LogP) is 4.48. The topological polar surface area (TPSA) is 29.3 Å². The molecule has 2 aromatic carbocycles. The van der Waals surface area contributed by atoms with E-state index in [0.717, 1.165) is 29.9 Å². The summed E-state index contributed by atoms with van der Waals surface area (Å²) in [5.74, 6) is -0.388. The SMILES string of the molecule is CCCN(Cc1ccc(F)c(Cl)c1)c1cccc(N)c1. The molecule has 2 N–H and O–H groups in total. The van der Waals surface area contributed by atoms with E-state index in [-0.39, 0.29) is 10.8 Å². The van der Waals surface area contributed by atoms with Gasteiger partial charge in [-0.15, -0.1) is 0 Å². The number of hydrogen-bond acceptors (Lipinski definition) is 2. The van der Waals surface area contributed by atoms with Crippen molar-refractivity contribution in [1.82, 2.24) is 0 Å². The predicted molar refractivity (Wildman–Crippen MR) is 83.6 cm³/mol. The van der Waals surface area contributed by atoms with Crippen LogP contribution in [0.2, 0.25) is 5.02 Å². The largest absolute Gasteiger partial charge is 0.399 e. The Labute approximate surface area is 124 Å². The summed E-state index contributed by atoms with van der Waals surface area (Å²) in [5, 5.41) is 0.159. The Balaban J connectivity index is 2.22. The molecule has 0 bridgehead atoms. The Morgan fingerprint density at radius 2 is 2.00 bits per heavy atom. The van der Waals surface area contributed by atoms with Crippen molar-refractivity contribution >= 4 is 23.0 Å². The Kier molecular flexibility index (Phi) is 4.85. The molecule has 2 rings (SSSR count). The van der Waals surface area contributed by atoms with E-state index >= 15 is 0 Å². The highest BCUT2D eigenvalue weighted by Gasteiger charge is 2.08. The molecule has 0 saturated carbocycles. The van der Waals surface area contributed by atoms with E-state index in [2.05, 4.69) is 11.8 Å². The first-order chi connectivity index (χ1) is 9.60. The van der Waals surface area contributed by atoms with E-state index in [1.807, 2.05) is 24.3 Å². The fraction of sp³-hybridized carbons (Fsp3) is 0.250. The zero-order valence-electron chi connectivity index (χ0n) is 11.4. The van der Waals surface area contributed by atoms with Gasteiger partial charge in [0.1, 0.15) is 5.82 Å². The Bertz CT molecular complexity index is 586. The van der Waals surface area contributed by atoms with Crippen LogP contribution < -0.4 is 10.6 Å². The average molecular weight is 293 g/mol. The van der Waals surface area contributed by atoms with Crippen LogP contribution in [0.25, 0.3) is 0 Å². The molecule has 0 saturated heterocycles. The van der Waals surface area contributed by atoms with E-state index in [4.69, 9.17) is 17.3 Å². The summed E-state index contributed by atoms with van der Waals surface area (Å²) in [6.45, 7) is 3.70. The normalized spacial score (nSPS) is 10.6. The van der Waals surface area contributed by atoms with Gasteiger partial charge in [0.25, 0.3) is 0 Å². The van der Waals surface area contributed by atoms with Gasteiger partial charge >= 0.3 is 0 Å². The maximum absolute atomic E-state index is 13.2. The standard InChI is InChI=1S/C16H18ClFN2/c1-2-8-20(14-5-3-4-13(19)10-14)11-12-6-7-16(18)15(17)9-12/h3-7,9-10H,2,8,11,19H2,1H3. The molecule has 0 aliphatic rings. The van der Waals surface area contributed by atoms with E-state index in [0.29, 0.717) is 6.54 Å². The highest BCUT2D eigenvalue weighted by Crippen LogP contribution is 2.22. The van der Waals surface area contributed by atoms with Crippen molar-refractivity contribution in [2.45, 2.75) is 19.9 Å². The monoisotopic (exact) mass is 292 g/mol. The number of halogens is 2. The molecule has 0 aliphatic carbocycles. The van der Waals surface area contributed by atoms with Crippen LogP contribution in [0.15, 0.2) is 42.5 Å². The summed E-state index contributed by atoms with van der Waals surface area (Å²) in [4.78, 5) is 2.21. The molecule has 106 valence electrons. The number of rotatable bonds is 5. The van der Waals surface area contributed by atoms with Gasteiger partial charge in [0.05, 0.1) is 5.02 Å². The summed E-state index contributed by atoms with van der Waals surface area (Å²) in [6, 6.07) is 12.6. The van der Waals surface area contributed by atoms with Gasteiger partial charge in [-0.05, 0) is 42.3 Å². The highest BCUT2D eigenvalue weighted by molar-refractivity contribution is 6.30. The molecule has 2 aromatic rings. The van der Waals surface area contributed by atoms with Gasteiger partial charge in [-0.25, -0.2) is 4.39 Å². The molecular weight excluding hydrogens is 275 g/mol. The van der Waals surface area contributed by atoms with Crippen LogP contribution in [-0.2, 0) is 6.54 Å². The smallest absolute Gasteiger partial charge is 0.141 e. The second-order valence-electron chi connectivity index (χ2n) is 4.77. The highest BCUT2D eigenvalue weighted by atomic mass is 35.5. The summed E-state index contributed by atoms with van der Waals surface area (Å²) in [5.41, 5.74) is 8.61. The number of benzene rings is 2. The maximum Gasteiger partial charge on any atom is 0.141 e. The van der Waals surface area contributed by atoms with Gasteiger partial charge in [-0.2, -0.15) is 0 Å². The Morgan fingerprint density at radius 1 is 1.20 bits per heavy atom. The minimum Gasteiger partial charge on any atom is -0.399 e. The summed E-state index contributed by atoms with van der Waals surface area (Å²) < 4.78 is 13.2. The van der Waals surface area contributed by atoms with E-state index in [9.17, 15) is 4.39 Å². The van der Waals surface area contributed by atoms with Gasteiger partial charge in [0.15, 0.2) is 0 Å². The average Bonchev–Trinajstić information content (AvgIpc) is 2.42. The molecule has 0 aliphatic heterocycles. The quantitative estimate of drug-likeness (QED) is 0.823. The molecule has 20 heavy (non-hydrogen) atoms. The van der Waals surface area contributed by atoms with E-state index in [1.165, 1.54) is 6.07 Å². The number of hydrogen-bond donors (Lipinski definition) is 1. The number of nitrogens with two attached hydrogens (primary N) is 1. The molecule has 0 amide bonds. The first kappa shape index (κ1) is 14.7. The third-order valence-corrected chi connectivity index (χ3v) is 3.38.